The van der Waals surface area contributed by atoms with Gasteiger partial charge in [-0.05, 0) is 74.1 Å². The number of alkyl halides is 3. The molecule has 40 heavy (non-hydrogen) atoms. The molecule has 2 fully saturated rings. The average molecular weight is 558 g/mol. The van der Waals surface area contributed by atoms with E-state index < -0.39 is 17.8 Å². The maximum atomic E-state index is 12.9. The molecule has 0 radical (unpaired) electrons. The van der Waals surface area contributed by atoms with Gasteiger partial charge in [0.05, 0.1) is 37.7 Å². The van der Waals surface area contributed by atoms with Crippen molar-refractivity contribution in [2.75, 3.05) is 7.11 Å². The van der Waals surface area contributed by atoms with Crippen LogP contribution in [0.2, 0.25) is 0 Å². The molecule has 212 valence electrons. The number of hydrogen-bond acceptors (Lipinski definition) is 7. The molecule has 2 aromatic heterocycles. The zero-order valence-corrected chi connectivity index (χ0v) is 21.9. The second-order valence-electron chi connectivity index (χ2n) is 10.3. The monoisotopic (exact) mass is 557 g/mol. The smallest absolute Gasteiger partial charge is 0.434 e. The van der Waals surface area contributed by atoms with Crippen molar-refractivity contribution >= 4 is 5.97 Å². The highest BCUT2D eigenvalue weighted by Gasteiger charge is 2.35. The molecule has 0 aliphatic heterocycles. The fourth-order valence-corrected chi connectivity index (χ4v) is 5.13. The van der Waals surface area contributed by atoms with Crippen LogP contribution in [0, 0.1) is 5.92 Å². The maximum absolute atomic E-state index is 12.9. The van der Waals surface area contributed by atoms with E-state index >= 15 is 0 Å². The van der Waals surface area contributed by atoms with Crippen LogP contribution < -0.4 is 14.2 Å². The predicted octanol–water partition coefficient (Wildman–Crippen LogP) is 6.30. The fraction of sp³-hybridized carbons (Fsp3) is 0.448. The van der Waals surface area contributed by atoms with Gasteiger partial charge in [-0.1, -0.05) is 0 Å². The van der Waals surface area contributed by atoms with Gasteiger partial charge in [0, 0.05) is 23.9 Å². The normalized spacial score (nSPS) is 20.0. The lowest BCUT2D eigenvalue weighted by molar-refractivity contribution is -0.141. The molecule has 0 saturated heterocycles. The Balaban J connectivity index is 1.23. The van der Waals surface area contributed by atoms with Crippen molar-refractivity contribution in [2.24, 2.45) is 5.92 Å². The summed E-state index contributed by atoms with van der Waals surface area (Å²) in [5, 5.41) is 9.32. The summed E-state index contributed by atoms with van der Waals surface area (Å²) in [5.74, 6) is 1.06. The largest absolute Gasteiger partial charge is 0.497 e. The molecule has 5 rings (SSSR count). The number of rotatable bonds is 10. The fourth-order valence-electron chi connectivity index (χ4n) is 5.13. The lowest BCUT2D eigenvalue weighted by atomic mass is 9.91. The Bertz CT molecular complexity index is 1320. The minimum atomic E-state index is -4.57. The van der Waals surface area contributed by atoms with E-state index in [4.69, 9.17) is 14.2 Å². The van der Waals surface area contributed by atoms with Crippen LogP contribution in [0.4, 0.5) is 13.2 Å². The van der Waals surface area contributed by atoms with Gasteiger partial charge >= 0.3 is 12.1 Å². The Morgan fingerprint density at radius 3 is 2.30 bits per heavy atom. The third kappa shape index (κ3) is 6.81. The molecular weight excluding hydrogens is 527 g/mol. The van der Waals surface area contributed by atoms with Crippen molar-refractivity contribution in [2.45, 2.75) is 69.2 Å². The zero-order valence-electron chi connectivity index (χ0n) is 21.9. The van der Waals surface area contributed by atoms with Gasteiger partial charge in [-0.2, -0.15) is 13.2 Å². The van der Waals surface area contributed by atoms with Crippen LogP contribution >= 0.6 is 0 Å². The summed E-state index contributed by atoms with van der Waals surface area (Å²) in [6.07, 6.45) is 3.72. The van der Waals surface area contributed by atoms with E-state index in [0.29, 0.717) is 47.9 Å². The van der Waals surface area contributed by atoms with Gasteiger partial charge in [0.2, 0.25) is 5.88 Å². The minimum absolute atomic E-state index is 0.0293. The van der Waals surface area contributed by atoms with Gasteiger partial charge in [-0.25, -0.2) is 9.97 Å². The molecule has 0 spiro atoms. The molecule has 1 aromatic carbocycles. The van der Waals surface area contributed by atoms with E-state index in [-0.39, 0.29) is 30.2 Å². The number of aliphatic carboxylic acids is 1. The second kappa shape index (κ2) is 11.7. The quantitative estimate of drug-likeness (QED) is 0.310. The summed E-state index contributed by atoms with van der Waals surface area (Å²) in [6, 6.07) is 8.81. The third-order valence-electron chi connectivity index (χ3n) is 7.38. The van der Waals surface area contributed by atoms with Crippen LogP contribution in [0.15, 0.2) is 48.9 Å². The molecule has 8 nitrogen and oxygen atoms in total. The van der Waals surface area contributed by atoms with Crippen LogP contribution in [0.3, 0.4) is 0 Å². The number of halogens is 3. The number of methoxy groups -OCH3 is 1. The lowest BCUT2D eigenvalue weighted by Crippen LogP contribution is -2.30. The number of carboxylic acids is 1. The van der Waals surface area contributed by atoms with E-state index in [1.807, 2.05) is 12.1 Å². The topological polar surface area (TPSA) is 104 Å². The average Bonchev–Trinajstić information content (AvgIpc) is 3.78. The van der Waals surface area contributed by atoms with Crippen molar-refractivity contribution in [1.82, 2.24) is 15.0 Å². The molecule has 11 heteroatoms. The molecule has 1 N–H and O–H groups in total. The number of nitrogens with zero attached hydrogens (tertiary/aromatic N) is 3. The number of benzene rings is 1. The summed E-state index contributed by atoms with van der Waals surface area (Å²) in [5.41, 5.74) is 0.674. The molecule has 3 aromatic rings. The van der Waals surface area contributed by atoms with Gasteiger partial charge in [-0.15, -0.1) is 0 Å². The van der Waals surface area contributed by atoms with E-state index in [0.717, 1.165) is 37.4 Å². The number of ether oxygens (including phenoxy) is 3. The van der Waals surface area contributed by atoms with E-state index in [1.165, 1.54) is 7.11 Å². The summed E-state index contributed by atoms with van der Waals surface area (Å²) < 4.78 is 56.6. The molecule has 2 aliphatic carbocycles. The Morgan fingerprint density at radius 2 is 1.70 bits per heavy atom. The van der Waals surface area contributed by atoms with Crippen molar-refractivity contribution in [3.05, 3.63) is 60.2 Å². The van der Waals surface area contributed by atoms with Crippen molar-refractivity contribution < 1.29 is 37.3 Å². The SMILES string of the molecule is COc1ccc(-c2cnc(C(F)(F)F)cn2)c(OC2CCC(Oc3cc(C(CC(=O)O)C4CC4)ccn3)CC2)c1. The molecule has 0 amide bonds. The first-order valence-corrected chi connectivity index (χ1v) is 13.3. The molecule has 2 aliphatic rings. The van der Waals surface area contributed by atoms with Gasteiger partial charge in [0.25, 0.3) is 0 Å². The van der Waals surface area contributed by atoms with E-state index in [9.17, 15) is 23.1 Å². The predicted molar refractivity (Wildman–Crippen MR) is 138 cm³/mol. The van der Waals surface area contributed by atoms with Gasteiger partial charge in [-0.3, -0.25) is 9.78 Å². The van der Waals surface area contributed by atoms with Gasteiger partial charge in [0.1, 0.15) is 17.6 Å². The van der Waals surface area contributed by atoms with Crippen molar-refractivity contribution in [3.8, 4) is 28.6 Å². The molecule has 2 heterocycles. The number of carbonyl (C=O) groups is 1. The Hall–Kier alpha value is -3.89. The first-order valence-electron chi connectivity index (χ1n) is 13.3. The van der Waals surface area contributed by atoms with E-state index in [2.05, 4.69) is 15.0 Å². The third-order valence-corrected chi connectivity index (χ3v) is 7.38. The van der Waals surface area contributed by atoms with Crippen molar-refractivity contribution in [3.63, 3.8) is 0 Å². The minimum Gasteiger partial charge on any atom is -0.497 e. The Morgan fingerprint density at radius 1 is 0.975 bits per heavy atom. The number of pyridine rings is 1. The van der Waals surface area contributed by atoms with Crippen LogP contribution in [0.5, 0.6) is 17.4 Å². The Labute approximate surface area is 229 Å². The summed E-state index contributed by atoms with van der Waals surface area (Å²) >= 11 is 0. The number of aromatic nitrogens is 3. The van der Waals surface area contributed by atoms with Gasteiger partial charge < -0.3 is 19.3 Å². The van der Waals surface area contributed by atoms with Crippen molar-refractivity contribution in [1.29, 1.82) is 0 Å². The highest BCUT2D eigenvalue weighted by atomic mass is 19.4. The lowest BCUT2D eigenvalue weighted by Gasteiger charge is -2.30. The second-order valence-corrected chi connectivity index (χ2v) is 10.3. The number of hydrogen-bond donors (Lipinski definition) is 1. The maximum Gasteiger partial charge on any atom is 0.434 e. The Kier molecular flexibility index (Phi) is 8.09. The summed E-state index contributed by atoms with van der Waals surface area (Å²) in [7, 11) is 1.52. The molecular formula is C29H30F3N3O5. The van der Waals surface area contributed by atoms with Crippen LogP contribution in [-0.4, -0.2) is 45.3 Å². The highest BCUT2D eigenvalue weighted by Crippen LogP contribution is 2.45. The molecule has 1 atom stereocenters. The van der Waals surface area contributed by atoms with Crippen LogP contribution in [-0.2, 0) is 11.0 Å². The van der Waals surface area contributed by atoms with Gasteiger partial charge in [0.15, 0.2) is 5.69 Å². The number of carboxylic acid groups (broad SMARTS) is 1. The molecule has 0 bridgehead atoms. The highest BCUT2D eigenvalue weighted by molar-refractivity contribution is 5.68. The first kappa shape index (κ1) is 27.7. The van der Waals surface area contributed by atoms with E-state index in [1.54, 1.807) is 24.4 Å². The standard InChI is InChI=1S/C29H30F3N3O5/c1-38-21-8-9-22(24-15-35-26(16-34-24)29(30,31)32)25(13-21)39-19-4-6-20(7-5-19)40-27-12-18(10-11-33-27)23(14-28(36)37)17-2-3-17/h8-13,15-17,19-20,23H,2-7,14H2,1H3,(H,36,37). The van der Waals surface area contributed by atoms with Crippen LogP contribution in [0.1, 0.15) is 62.1 Å². The summed E-state index contributed by atoms with van der Waals surface area (Å²) in [6.45, 7) is 0. The summed E-state index contributed by atoms with van der Waals surface area (Å²) in [4.78, 5) is 23.2. The molecule has 1 unspecified atom stereocenters. The molecule has 2 saturated carbocycles. The van der Waals surface area contributed by atoms with Crippen LogP contribution in [0.25, 0.3) is 11.3 Å². The first-order chi connectivity index (χ1) is 19.2. The zero-order chi connectivity index (χ0) is 28.3.